The lowest BCUT2D eigenvalue weighted by molar-refractivity contribution is -0.127. The number of carbonyl (C=O) groups is 1. The number of rotatable bonds is 6. The van der Waals surface area contributed by atoms with Gasteiger partial charge >= 0.3 is 0 Å². The Morgan fingerprint density at radius 2 is 1.93 bits per heavy atom. The second kappa shape index (κ2) is 9.00. The average Bonchev–Trinajstić information content (AvgIpc) is 3.11. The fourth-order valence-corrected chi connectivity index (χ4v) is 4.53. The smallest absolute Gasteiger partial charge is 0.224 e. The van der Waals surface area contributed by atoms with E-state index in [9.17, 15) is 4.79 Å². The van der Waals surface area contributed by atoms with E-state index >= 15 is 0 Å². The number of nitrogens with zero attached hydrogens (tertiary/aromatic N) is 3. The van der Waals surface area contributed by atoms with Crippen LogP contribution in [-0.4, -0.2) is 33.4 Å². The summed E-state index contributed by atoms with van der Waals surface area (Å²) in [6, 6.07) is 16.9. The van der Waals surface area contributed by atoms with Gasteiger partial charge in [-0.2, -0.15) is 0 Å². The van der Waals surface area contributed by atoms with E-state index in [0.29, 0.717) is 12.6 Å². The summed E-state index contributed by atoms with van der Waals surface area (Å²) in [5, 5.41) is 3.16. The Hall–Kier alpha value is -2.66. The molecule has 1 aliphatic heterocycles. The number of aryl methyl sites for hydroxylation is 1. The number of likely N-dealkylation sites (tertiary alicyclic amines) is 1. The third kappa shape index (κ3) is 4.41. The standard InChI is InChI=1S/C25H32N4O/c1-18(2)29-23-13-7-6-12-22(23)27-24(29)17-28-14-8-11-21(16-28)25(30)26-15-20-10-5-4-9-19(20)3/h4-7,9-10,12-13,18,21H,8,11,14-17H2,1-3H3,(H,26,30)/t21-/m0/s1. The lowest BCUT2D eigenvalue weighted by atomic mass is 9.97. The summed E-state index contributed by atoms with van der Waals surface area (Å²) in [6.07, 6.45) is 2.00. The molecule has 5 nitrogen and oxygen atoms in total. The first-order valence-electron chi connectivity index (χ1n) is 11.0. The first kappa shape index (κ1) is 20.6. The molecule has 1 atom stereocenters. The van der Waals surface area contributed by atoms with Gasteiger partial charge in [-0.3, -0.25) is 9.69 Å². The Morgan fingerprint density at radius 3 is 2.73 bits per heavy atom. The van der Waals surface area contributed by atoms with Crippen molar-refractivity contribution in [1.82, 2.24) is 19.8 Å². The van der Waals surface area contributed by atoms with Crippen molar-refractivity contribution in [3.8, 4) is 0 Å². The Bertz CT molecular complexity index is 1020. The first-order valence-corrected chi connectivity index (χ1v) is 11.0. The van der Waals surface area contributed by atoms with Gasteiger partial charge in [-0.25, -0.2) is 4.98 Å². The monoisotopic (exact) mass is 404 g/mol. The molecule has 0 saturated carbocycles. The minimum atomic E-state index is 0.0413. The molecule has 2 aromatic carbocycles. The van der Waals surface area contributed by atoms with Gasteiger partial charge in [0.1, 0.15) is 5.82 Å². The molecule has 158 valence electrons. The van der Waals surface area contributed by atoms with Crippen LogP contribution in [0.25, 0.3) is 11.0 Å². The van der Waals surface area contributed by atoms with Crippen molar-refractivity contribution in [1.29, 1.82) is 0 Å². The highest BCUT2D eigenvalue weighted by atomic mass is 16.1. The lowest BCUT2D eigenvalue weighted by Crippen LogP contribution is -2.42. The number of nitrogens with one attached hydrogen (secondary N) is 1. The van der Waals surface area contributed by atoms with Crippen LogP contribution in [0, 0.1) is 12.8 Å². The Balaban J connectivity index is 1.42. The molecule has 3 aromatic rings. The Kier molecular flexibility index (Phi) is 6.18. The normalized spacial score (nSPS) is 17.5. The maximum Gasteiger partial charge on any atom is 0.224 e. The molecule has 1 fully saturated rings. The Morgan fingerprint density at radius 1 is 1.17 bits per heavy atom. The molecular weight excluding hydrogens is 372 g/mol. The SMILES string of the molecule is Cc1ccccc1CNC(=O)[C@H]1CCCN(Cc2nc3ccccc3n2C(C)C)C1. The van der Waals surface area contributed by atoms with Crippen molar-refractivity contribution in [3.63, 3.8) is 0 Å². The fraction of sp³-hybridized carbons (Fsp3) is 0.440. The van der Waals surface area contributed by atoms with Crippen LogP contribution in [-0.2, 0) is 17.9 Å². The van der Waals surface area contributed by atoms with Crippen LogP contribution in [0.1, 0.15) is 49.7 Å². The third-order valence-electron chi connectivity index (χ3n) is 6.14. The number of benzene rings is 2. The molecule has 0 bridgehead atoms. The number of aromatic nitrogens is 2. The van der Waals surface area contributed by atoms with Crippen LogP contribution in [0.5, 0.6) is 0 Å². The second-order valence-corrected chi connectivity index (χ2v) is 8.70. The van der Waals surface area contributed by atoms with Gasteiger partial charge in [0.15, 0.2) is 0 Å². The summed E-state index contributed by atoms with van der Waals surface area (Å²) in [5.74, 6) is 1.30. The van der Waals surface area contributed by atoms with Crippen LogP contribution < -0.4 is 5.32 Å². The fourth-order valence-electron chi connectivity index (χ4n) is 4.53. The molecule has 1 aliphatic rings. The molecule has 30 heavy (non-hydrogen) atoms. The maximum atomic E-state index is 12.8. The highest BCUT2D eigenvalue weighted by Gasteiger charge is 2.27. The lowest BCUT2D eigenvalue weighted by Gasteiger charge is -2.32. The first-order chi connectivity index (χ1) is 14.5. The molecule has 5 heteroatoms. The highest BCUT2D eigenvalue weighted by Crippen LogP contribution is 2.24. The van der Waals surface area contributed by atoms with Crippen molar-refractivity contribution in [3.05, 3.63) is 65.5 Å². The Labute approximate surface area is 179 Å². The zero-order valence-corrected chi connectivity index (χ0v) is 18.3. The summed E-state index contributed by atoms with van der Waals surface area (Å²) in [7, 11) is 0. The van der Waals surface area contributed by atoms with Gasteiger partial charge in [0.2, 0.25) is 5.91 Å². The average molecular weight is 405 g/mol. The number of imidazole rings is 1. The number of hydrogen-bond donors (Lipinski definition) is 1. The predicted octanol–water partition coefficient (Wildman–Crippen LogP) is 4.45. The van der Waals surface area contributed by atoms with E-state index in [1.807, 2.05) is 18.2 Å². The van der Waals surface area contributed by atoms with Crippen LogP contribution in [0.15, 0.2) is 48.5 Å². The van der Waals surface area contributed by atoms with E-state index in [0.717, 1.165) is 43.8 Å². The van der Waals surface area contributed by atoms with Gasteiger partial charge < -0.3 is 9.88 Å². The molecule has 0 aliphatic carbocycles. The van der Waals surface area contributed by atoms with Gasteiger partial charge in [-0.05, 0) is 63.4 Å². The van der Waals surface area contributed by atoms with Gasteiger partial charge in [0.25, 0.3) is 0 Å². The number of carbonyl (C=O) groups excluding carboxylic acids is 1. The number of para-hydroxylation sites is 2. The van der Waals surface area contributed by atoms with Crippen molar-refractivity contribution >= 4 is 16.9 Å². The number of piperidine rings is 1. The van der Waals surface area contributed by atoms with Crippen LogP contribution in [0.3, 0.4) is 0 Å². The second-order valence-electron chi connectivity index (χ2n) is 8.70. The van der Waals surface area contributed by atoms with E-state index in [4.69, 9.17) is 4.98 Å². The van der Waals surface area contributed by atoms with Gasteiger partial charge in [-0.15, -0.1) is 0 Å². The van der Waals surface area contributed by atoms with Crippen molar-refractivity contribution in [2.24, 2.45) is 5.92 Å². The van der Waals surface area contributed by atoms with E-state index in [1.165, 1.54) is 16.6 Å². The molecule has 1 aromatic heterocycles. The molecule has 2 heterocycles. The zero-order valence-electron chi connectivity index (χ0n) is 18.3. The summed E-state index contributed by atoms with van der Waals surface area (Å²) >= 11 is 0. The van der Waals surface area contributed by atoms with Crippen LogP contribution >= 0.6 is 0 Å². The molecule has 1 saturated heterocycles. The number of amides is 1. The largest absolute Gasteiger partial charge is 0.352 e. The number of fused-ring (bicyclic) bond motifs is 1. The molecule has 1 N–H and O–H groups in total. The van der Waals surface area contributed by atoms with E-state index in [2.05, 4.69) is 65.9 Å². The minimum Gasteiger partial charge on any atom is -0.352 e. The van der Waals surface area contributed by atoms with E-state index in [-0.39, 0.29) is 11.8 Å². The van der Waals surface area contributed by atoms with Crippen molar-refractivity contribution in [2.75, 3.05) is 13.1 Å². The third-order valence-corrected chi connectivity index (χ3v) is 6.14. The molecule has 0 spiro atoms. The molecular formula is C25H32N4O. The topological polar surface area (TPSA) is 50.2 Å². The van der Waals surface area contributed by atoms with Gasteiger partial charge in [0, 0.05) is 19.1 Å². The van der Waals surface area contributed by atoms with Crippen LogP contribution in [0.2, 0.25) is 0 Å². The maximum absolute atomic E-state index is 12.8. The molecule has 4 rings (SSSR count). The van der Waals surface area contributed by atoms with Crippen molar-refractivity contribution < 1.29 is 4.79 Å². The van der Waals surface area contributed by atoms with Gasteiger partial charge in [-0.1, -0.05) is 36.4 Å². The number of hydrogen-bond acceptors (Lipinski definition) is 3. The molecule has 0 unspecified atom stereocenters. The van der Waals surface area contributed by atoms with E-state index in [1.54, 1.807) is 0 Å². The van der Waals surface area contributed by atoms with Crippen LogP contribution in [0.4, 0.5) is 0 Å². The summed E-state index contributed by atoms with van der Waals surface area (Å²) in [5.41, 5.74) is 4.64. The molecule has 0 radical (unpaired) electrons. The minimum absolute atomic E-state index is 0.0413. The van der Waals surface area contributed by atoms with E-state index < -0.39 is 0 Å². The molecule has 1 amide bonds. The predicted molar refractivity (Wildman–Crippen MR) is 121 cm³/mol. The zero-order chi connectivity index (χ0) is 21.1. The summed E-state index contributed by atoms with van der Waals surface area (Å²) in [6.45, 7) is 9.69. The quantitative estimate of drug-likeness (QED) is 0.660. The highest BCUT2D eigenvalue weighted by molar-refractivity contribution is 5.79. The van der Waals surface area contributed by atoms with Gasteiger partial charge in [0.05, 0.1) is 23.5 Å². The van der Waals surface area contributed by atoms with Crippen molar-refractivity contribution in [2.45, 2.75) is 52.7 Å². The summed E-state index contributed by atoms with van der Waals surface area (Å²) < 4.78 is 2.33. The summed E-state index contributed by atoms with van der Waals surface area (Å²) in [4.78, 5) is 20.1.